The fourth-order valence-corrected chi connectivity index (χ4v) is 2.65. The van der Waals surface area contributed by atoms with Gasteiger partial charge in [0.05, 0.1) is 13.0 Å². The minimum atomic E-state index is -0.0479. The second-order valence-corrected chi connectivity index (χ2v) is 4.90. The highest BCUT2D eigenvalue weighted by molar-refractivity contribution is 5.72. The number of methoxy groups -OCH3 is 1. The molecule has 2 rings (SSSR count). The van der Waals surface area contributed by atoms with E-state index in [1.165, 1.54) is 20.0 Å². The Hall–Kier alpha value is -0.610. The first-order valence-electron chi connectivity index (χ1n) is 6.29. The van der Waals surface area contributed by atoms with Crippen LogP contribution in [0.5, 0.6) is 0 Å². The van der Waals surface area contributed by atoms with Crippen LogP contribution in [0, 0.1) is 5.92 Å². The Bertz CT molecular complexity index is 253. The lowest BCUT2D eigenvalue weighted by molar-refractivity contribution is -0.147. The van der Waals surface area contributed by atoms with E-state index in [2.05, 4.69) is 17.1 Å². The van der Waals surface area contributed by atoms with Gasteiger partial charge in [-0.3, -0.25) is 9.69 Å². The zero-order valence-electron chi connectivity index (χ0n) is 10.2. The molecule has 0 aromatic carbocycles. The van der Waals surface area contributed by atoms with E-state index >= 15 is 0 Å². The normalized spacial score (nSPS) is 31.4. The lowest BCUT2D eigenvalue weighted by Gasteiger charge is -2.37. The fourth-order valence-electron chi connectivity index (χ4n) is 2.65. The first-order chi connectivity index (χ1) is 7.74. The average molecular weight is 226 g/mol. The van der Waals surface area contributed by atoms with Crippen molar-refractivity contribution in [2.75, 3.05) is 26.7 Å². The maximum absolute atomic E-state index is 11.6. The first kappa shape index (κ1) is 11.9. The van der Waals surface area contributed by atoms with Gasteiger partial charge in [0.1, 0.15) is 0 Å². The molecule has 1 aliphatic heterocycles. The standard InChI is InChI=1S/C12H22N2O2/c1-3-13-10-6-9(12(15)16-2)7-14(8-10)11-4-5-11/h9-11,13H,3-8H2,1-2H3. The van der Waals surface area contributed by atoms with Crippen molar-refractivity contribution in [3.05, 3.63) is 0 Å². The summed E-state index contributed by atoms with van der Waals surface area (Å²) in [5, 5.41) is 3.46. The van der Waals surface area contributed by atoms with Crippen LogP contribution in [-0.4, -0.2) is 49.7 Å². The molecule has 1 saturated heterocycles. The molecule has 2 fully saturated rings. The van der Waals surface area contributed by atoms with E-state index in [0.29, 0.717) is 6.04 Å². The van der Waals surface area contributed by atoms with Crippen LogP contribution in [0.4, 0.5) is 0 Å². The number of likely N-dealkylation sites (tertiary alicyclic amines) is 1. The zero-order chi connectivity index (χ0) is 11.5. The third-order valence-electron chi connectivity index (χ3n) is 3.57. The first-order valence-corrected chi connectivity index (χ1v) is 6.29. The number of nitrogens with one attached hydrogen (secondary N) is 1. The van der Waals surface area contributed by atoms with E-state index in [0.717, 1.165) is 32.1 Å². The quantitative estimate of drug-likeness (QED) is 0.714. The molecular weight excluding hydrogens is 204 g/mol. The Morgan fingerprint density at radius 2 is 2.19 bits per heavy atom. The molecule has 2 atom stereocenters. The van der Waals surface area contributed by atoms with Gasteiger partial charge >= 0.3 is 5.97 Å². The van der Waals surface area contributed by atoms with Gasteiger partial charge in [0.15, 0.2) is 0 Å². The maximum atomic E-state index is 11.6. The van der Waals surface area contributed by atoms with Crippen molar-refractivity contribution in [1.29, 1.82) is 0 Å². The number of hydrogen-bond acceptors (Lipinski definition) is 4. The molecular formula is C12H22N2O2. The minimum Gasteiger partial charge on any atom is -0.469 e. The monoisotopic (exact) mass is 226 g/mol. The molecule has 0 aromatic heterocycles. The summed E-state index contributed by atoms with van der Waals surface area (Å²) in [6, 6.07) is 1.18. The summed E-state index contributed by atoms with van der Waals surface area (Å²) in [5.41, 5.74) is 0. The molecule has 1 heterocycles. The van der Waals surface area contributed by atoms with E-state index in [9.17, 15) is 4.79 Å². The number of likely N-dealkylation sites (N-methyl/N-ethyl adjacent to an activating group) is 1. The van der Waals surface area contributed by atoms with Crippen molar-refractivity contribution in [3.63, 3.8) is 0 Å². The molecule has 16 heavy (non-hydrogen) atoms. The van der Waals surface area contributed by atoms with Gasteiger partial charge in [-0.2, -0.15) is 0 Å². The molecule has 4 nitrogen and oxygen atoms in total. The van der Waals surface area contributed by atoms with E-state index in [-0.39, 0.29) is 11.9 Å². The lowest BCUT2D eigenvalue weighted by Crippen LogP contribution is -2.51. The summed E-state index contributed by atoms with van der Waals surface area (Å²) in [6.45, 7) is 5.06. The number of hydrogen-bond donors (Lipinski definition) is 1. The Morgan fingerprint density at radius 3 is 2.75 bits per heavy atom. The van der Waals surface area contributed by atoms with Crippen molar-refractivity contribution in [3.8, 4) is 0 Å². The summed E-state index contributed by atoms with van der Waals surface area (Å²) in [4.78, 5) is 14.1. The second kappa shape index (κ2) is 5.15. The SMILES string of the molecule is CCNC1CC(C(=O)OC)CN(C2CC2)C1. The summed E-state index contributed by atoms with van der Waals surface area (Å²) < 4.78 is 4.87. The Labute approximate surface area is 97.3 Å². The molecule has 1 aliphatic carbocycles. The molecule has 0 bridgehead atoms. The number of esters is 1. The van der Waals surface area contributed by atoms with Crippen LogP contribution in [0.15, 0.2) is 0 Å². The van der Waals surface area contributed by atoms with E-state index in [1.807, 2.05) is 0 Å². The van der Waals surface area contributed by atoms with E-state index < -0.39 is 0 Å². The summed E-state index contributed by atoms with van der Waals surface area (Å²) >= 11 is 0. The van der Waals surface area contributed by atoms with Gasteiger partial charge in [0.2, 0.25) is 0 Å². The third kappa shape index (κ3) is 2.74. The highest BCUT2D eigenvalue weighted by atomic mass is 16.5. The van der Waals surface area contributed by atoms with Gasteiger partial charge in [-0.05, 0) is 25.8 Å². The molecule has 0 aromatic rings. The van der Waals surface area contributed by atoms with E-state index in [4.69, 9.17) is 4.74 Å². The largest absolute Gasteiger partial charge is 0.469 e. The number of carbonyl (C=O) groups excluding carboxylic acids is 1. The van der Waals surface area contributed by atoms with Gasteiger partial charge in [-0.25, -0.2) is 0 Å². The van der Waals surface area contributed by atoms with Crippen LogP contribution in [0.1, 0.15) is 26.2 Å². The maximum Gasteiger partial charge on any atom is 0.310 e. The Morgan fingerprint density at radius 1 is 1.44 bits per heavy atom. The third-order valence-corrected chi connectivity index (χ3v) is 3.57. The molecule has 2 unspecified atom stereocenters. The zero-order valence-corrected chi connectivity index (χ0v) is 10.2. The van der Waals surface area contributed by atoms with Crippen molar-refractivity contribution in [1.82, 2.24) is 10.2 Å². The van der Waals surface area contributed by atoms with Gasteiger partial charge in [0.25, 0.3) is 0 Å². The van der Waals surface area contributed by atoms with Crippen LogP contribution in [0.3, 0.4) is 0 Å². The number of nitrogens with zero attached hydrogens (tertiary/aromatic N) is 1. The van der Waals surface area contributed by atoms with E-state index in [1.54, 1.807) is 0 Å². The van der Waals surface area contributed by atoms with Crippen molar-refractivity contribution < 1.29 is 9.53 Å². The highest BCUT2D eigenvalue weighted by Gasteiger charge is 2.38. The van der Waals surface area contributed by atoms with Crippen molar-refractivity contribution >= 4 is 5.97 Å². The minimum absolute atomic E-state index is 0.0479. The highest BCUT2D eigenvalue weighted by Crippen LogP contribution is 2.31. The van der Waals surface area contributed by atoms with Crippen LogP contribution in [-0.2, 0) is 9.53 Å². The molecule has 4 heteroatoms. The van der Waals surface area contributed by atoms with Crippen LogP contribution < -0.4 is 5.32 Å². The smallest absolute Gasteiger partial charge is 0.310 e. The number of carbonyl (C=O) groups is 1. The summed E-state index contributed by atoms with van der Waals surface area (Å²) in [6.07, 6.45) is 3.52. The molecule has 0 spiro atoms. The number of piperidine rings is 1. The van der Waals surface area contributed by atoms with Crippen molar-refractivity contribution in [2.24, 2.45) is 5.92 Å². The van der Waals surface area contributed by atoms with Gasteiger partial charge in [0, 0.05) is 25.2 Å². The topological polar surface area (TPSA) is 41.6 Å². The molecule has 2 aliphatic rings. The fraction of sp³-hybridized carbons (Fsp3) is 0.917. The van der Waals surface area contributed by atoms with Gasteiger partial charge < -0.3 is 10.1 Å². The molecule has 1 N–H and O–H groups in total. The van der Waals surface area contributed by atoms with Crippen LogP contribution in [0.25, 0.3) is 0 Å². The predicted molar refractivity (Wildman–Crippen MR) is 62.2 cm³/mol. The Kier molecular flexibility index (Phi) is 3.82. The second-order valence-electron chi connectivity index (χ2n) is 4.90. The van der Waals surface area contributed by atoms with Gasteiger partial charge in [-0.15, -0.1) is 0 Å². The molecule has 92 valence electrons. The molecule has 0 amide bonds. The Balaban J connectivity index is 1.94. The lowest BCUT2D eigenvalue weighted by atomic mass is 9.94. The predicted octanol–water partition coefficient (Wildman–Crippen LogP) is 0.622. The van der Waals surface area contributed by atoms with Crippen LogP contribution in [0.2, 0.25) is 0 Å². The average Bonchev–Trinajstić information content (AvgIpc) is 3.12. The van der Waals surface area contributed by atoms with Gasteiger partial charge in [-0.1, -0.05) is 6.92 Å². The van der Waals surface area contributed by atoms with Crippen molar-refractivity contribution in [2.45, 2.75) is 38.3 Å². The molecule has 0 radical (unpaired) electrons. The van der Waals surface area contributed by atoms with Crippen LogP contribution >= 0.6 is 0 Å². The number of ether oxygens (including phenoxy) is 1. The number of rotatable bonds is 4. The summed E-state index contributed by atoms with van der Waals surface area (Å²) in [5.74, 6) is 0.0108. The summed E-state index contributed by atoms with van der Waals surface area (Å²) in [7, 11) is 1.49. The molecule has 1 saturated carbocycles.